The van der Waals surface area contributed by atoms with Crippen LogP contribution in [0.1, 0.15) is 5.56 Å². The van der Waals surface area contributed by atoms with Gasteiger partial charge in [0.1, 0.15) is 16.2 Å². The van der Waals surface area contributed by atoms with Gasteiger partial charge in [-0.3, -0.25) is 4.68 Å². The van der Waals surface area contributed by atoms with E-state index in [9.17, 15) is 0 Å². The number of ether oxygens (including phenoxy) is 1. The number of nitrogens with zero attached hydrogens (tertiary/aromatic N) is 2. The molecule has 1 aromatic heterocycles. The first-order valence-corrected chi connectivity index (χ1v) is 5.60. The molecular weight excluding hydrogens is 270 g/mol. The normalized spacial score (nSPS) is 10.4. The van der Waals surface area contributed by atoms with Crippen molar-refractivity contribution in [1.82, 2.24) is 9.78 Å². The summed E-state index contributed by atoms with van der Waals surface area (Å²) < 4.78 is 7.77. The largest absolute Gasteiger partial charge is 0.497 e. The number of nitrogens with two attached hydrogens (primary N) is 1. The van der Waals surface area contributed by atoms with Gasteiger partial charge in [-0.25, -0.2) is 0 Å². The van der Waals surface area contributed by atoms with Crippen molar-refractivity contribution in [3.8, 4) is 5.75 Å². The minimum absolute atomic E-state index is 0.514. The van der Waals surface area contributed by atoms with Gasteiger partial charge in [-0.05, 0) is 33.6 Å². The number of methoxy groups -OCH3 is 1. The molecule has 0 atom stereocenters. The van der Waals surface area contributed by atoms with Gasteiger partial charge in [-0.2, -0.15) is 5.10 Å². The maximum atomic E-state index is 5.60. The van der Waals surface area contributed by atoms with Crippen LogP contribution < -0.4 is 10.5 Å². The molecule has 0 radical (unpaired) electrons. The Morgan fingerprint density at radius 2 is 2.06 bits per heavy atom. The van der Waals surface area contributed by atoms with E-state index < -0.39 is 0 Å². The fourth-order valence-corrected chi connectivity index (χ4v) is 1.87. The first-order valence-electron chi connectivity index (χ1n) is 4.81. The highest BCUT2D eigenvalue weighted by Crippen LogP contribution is 2.17. The van der Waals surface area contributed by atoms with Crippen molar-refractivity contribution >= 4 is 21.7 Å². The summed E-state index contributed by atoms with van der Waals surface area (Å²) in [6, 6.07) is 9.64. The van der Waals surface area contributed by atoms with Crippen LogP contribution in [0.5, 0.6) is 5.75 Å². The molecule has 0 spiro atoms. The Morgan fingerprint density at radius 3 is 2.56 bits per heavy atom. The van der Waals surface area contributed by atoms with Crippen LogP contribution in [0.4, 0.5) is 5.82 Å². The van der Waals surface area contributed by atoms with E-state index in [4.69, 9.17) is 10.5 Å². The second-order valence-electron chi connectivity index (χ2n) is 3.40. The summed E-state index contributed by atoms with van der Waals surface area (Å²) in [4.78, 5) is 0. The summed E-state index contributed by atoms with van der Waals surface area (Å²) in [5.41, 5.74) is 6.74. The van der Waals surface area contributed by atoms with Gasteiger partial charge in [0.15, 0.2) is 0 Å². The minimum Gasteiger partial charge on any atom is -0.497 e. The van der Waals surface area contributed by atoms with Crippen molar-refractivity contribution in [2.24, 2.45) is 0 Å². The smallest absolute Gasteiger partial charge is 0.146 e. The highest BCUT2D eigenvalue weighted by molar-refractivity contribution is 9.10. The molecule has 2 rings (SSSR count). The van der Waals surface area contributed by atoms with Gasteiger partial charge < -0.3 is 10.5 Å². The number of anilines is 1. The molecule has 0 aliphatic rings. The molecule has 0 aliphatic carbocycles. The SMILES string of the molecule is COc1ccc(Cn2nc(N)cc2Br)cc1. The number of aromatic nitrogens is 2. The van der Waals surface area contributed by atoms with E-state index in [1.165, 1.54) is 0 Å². The molecule has 16 heavy (non-hydrogen) atoms. The lowest BCUT2D eigenvalue weighted by Crippen LogP contribution is -2.02. The third kappa shape index (κ3) is 2.36. The molecule has 0 bridgehead atoms. The van der Waals surface area contributed by atoms with Crippen LogP contribution in [0.3, 0.4) is 0 Å². The summed E-state index contributed by atoms with van der Waals surface area (Å²) in [6.07, 6.45) is 0. The van der Waals surface area contributed by atoms with E-state index in [-0.39, 0.29) is 0 Å². The molecule has 84 valence electrons. The number of nitrogen functional groups attached to an aromatic ring is 1. The molecular formula is C11H12BrN3O. The van der Waals surface area contributed by atoms with Crippen LogP contribution in [0, 0.1) is 0 Å². The standard InChI is InChI=1S/C11H12BrN3O/c1-16-9-4-2-8(3-5-9)7-15-10(12)6-11(13)14-15/h2-6H,7H2,1H3,(H2,13,14). The van der Waals surface area contributed by atoms with Crippen molar-refractivity contribution in [1.29, 1.82) is 0 Å². The van der Waals surface area contributed by atoms with Gasteiger partial charge in [-0.15, -0.1) is 0 Å². The molecule has 2 N–H and O–H groups in total. The molecule has 0 unspecified atom stereocenters. The Morgan fingerprint density at radius 1 is 1.38 bits per heavy atom. The topological polar surface area (TPSA) is 53.1 Å². The second-order valence-corrected chi connectivity index (χ2v) is 4.21. The zero-order valence-corrected chi connectivity index (χ0v) is 10.4. The summed E-state index contributed by atoms with van der Waals surface area (Å²) in [5.74, 6) is 1.36. The van der Waals surface area contributed by atoms with E-state index in [1.54, 1.807) is 17.9 Å². The second kappa shape index (κ2) is 4.57. The molecule has 1 heterocycles. The summed E-state index contributed by atoms with van der Waals surface area (Å²) in [5, 5.41) is 4.16. The number of benzene rings is 1. The van der Waals surface area contributed by atoms with Gasteiger partial charge in [0.2, 0.25) is 0 Å². The van der Waals surface area contributed by atoms with E-state index in [2.05, 4.69) is 21.0 Å². The van der Waals surface area contributed by atoms with Crippen molar-refractivity contribution in [2.45, 2.75) is 6.54 Å². The lowest BCUT2D eigenvalue weighted by molar-refractivity contribution is 0.414. The predicted molar refractivity (Wildman–Crippen MR) is 66.4 cm³/mol. The summed E-state index contributed by atoms with van der Waals surface area (Å²) in [6.45, 7) is 0.682. The van der Waals surface area contributed by atoms with Crippen molar-refractivity contribution in [3.63, 3.8) is 0 Å². The summed E-state index contributed by atoms with van der Waals surface area (Å²) in [7, 11) is 1.65. The van der Waals surface area contributed by atoms with Crippen LogP contribution in [-0.4, -0.2) is 16.9 Å². The minimum atomic E-state index is 0.514. The molecule has 2 aromatic rings. The molecule has 0 fully saturated rings. The van der Waals surface area contributed by atoms with Crippen LogP contribution in [-0.2, 0) is 6.54 Å². The fraction of sp³-hybridized carbons (Fsp3) is 0.182. The highest BCUT2D eigenvalue weighted by atomic mass is 79.9. The number of halogens is 1. The van der Waals surface area contributed by atoms with Crippen LogP contribution in [0.2, 0.25) is 0 Å². The monoisotopic (exact) mass is 281 g/mol. The van der Waals surface area contributed by atoms with E-state index in [0.29, 0.717) is 12.4 Å². The molecule has 0 saturated carbocycles. The average molecular weight is 282 g/mol. The van der Waals surface area contributed by atoms with E-state index in [0.717, 1.165) is 15.9 Å². The first kappa shape index (κ1) is 11.0. The van der Waals surface area contributed by atoms with Gasteiger partial charge in [0, 0.05) is 6.07 Å². The third-order valence-electron chi connectivity index (χ3n) is 2.24. The number of hydrogen-bond acceptors (Lipinski definition) is 3. The maximum absolute atomic E-state index is 5.60. The molecule has 1 aromatic carbocycles. The van der Waals surface area contributed by atoms with E-state index >= 15 is 0 Å². The lowest BCUT2D eigenvalue weighted by Gasteiger charge is -2.04. The van der Waals surface area contributed by atoms with Gasteiger partial charge in [0.25, 0.3) is 0 Å². The molecule has 0 saturated heterocycles. The van der Waals surface area contributed by atoms with Crippen LogP contribution in [0.25, 0.3) is 0 Å². The maximum Gasteiger partial charge on any atom is 0.146 e. The van der Waals surface area contributed by atoms with Gasteiger partial charge in [0.05, 0.1) is 13.7 Å². The van der Waals surface area contributed by atoms with E-state index in [1.807, 2.05) is 24.3 Å². The number of hydrogen-bond donors (Lipinski definition) is 1. The van der Waals surface area contributed by atoms with Crippen LogP contribution >= 0.6 is 15.9 Å². The molecule has 5 heteroatoms. The first-order chi connectivity index (χ1) is 7.69. The van der Waals surface area contributed by atoms with Gasteiger partial charge >= 0.3 is 0 Å². The quantitative estimate of drug-likeness (QED) is 0.939. The Kier molecular flexibility index (Phi) is 3.14. The molecule has 0 aliphatic heterocycles. The number of rotatable bonds is 3. The molecule has 0 amide bonds. The molecule has 4 nitrogen and oxygen atoms in total. The predicted octanol–water partition coefficient (Wildman–Crippen LogP) is 2.28. The van der Waals surface area contributed by atoms with Gasteiger partial charge in [-0.1, -0.05) is 12.1 Å². The lowest BCUT2D eigenvalue weighted by atomic mass is 10.2. The Balaban J connectivity index is 2.17. The average Bonchev–Trinajstić information content (AvgIpc) is 2.59. The van der Waals surface area contributed by atoms with Crippen molar-refractivity contribution in [2.75, 3.05) is 12.8 Å². The van der Waals surface area contributed by atoms with Crippen molar-refractivity contribution < 1.29 is 4.74 Å². The Bertz CT molecular complexity index is 478. The zero-order valence-electron chi connectivity index (χ0n) is 8.85. The highest BCUT2D eigenvalue weighted by Gasteiger charge is 2.03. The Labute approximate surface area is 102 Å². The zero-order chi connectivity index (χ0) is 11.5. The van der Waals surface area contributed by atoms with Crippen molar-refractivity contribution in [3.05, 3.63) is 40.5 Å². The fourth-order valence-electron chi connectivity index (χ4n) is 1.43. The third-order valence-corrected chi connectivity index (χ3v) is 2.88. The van der Waals surface area contributed by atoms with Crippen LogP contribution in [0.15, 0.2) is 34.9 Å². The summed E-state index contributed by atoms with van der Waals surface area (Å²) >= 11 is 3.40. The Hall–Kier alpha value is -1.49.